The van der Waals surface area contributed by atoms with E-state index in [9.17, 15) is 5.11 Å². The quantitative estimate of drug-likeness (QED) is 0.737. The molecule has 0 spiro atoms. The van der Waals surface area contributed by atoms with Gasteiger partial charge in [0.05, 0.1) is 6.61 Å². The number of hydrogen-bond donors (Lipinski definition) is 2. The van der Waals surface area contributed by atoms with Gasteiger partial charge < -0.3 is 15.2 Å². The Hall–Kier alpha value is -1.26. The molecule has 0 saturated carbocycles. The summed E-state index contributed by atoms with van der Waals surface area (Å²) < 4.78 is 5.81. The van der Waals surface area contributed by atoms with Crippen LogP contribution < -0.4 is 10.1 Å². The molecule has 0 aliphatic carbocycles. The Morgan fingerprint density at radius 2 is 2.00 bits per heavy atom. The highest BCUT2D eigenvalue weighted by Gasteiger charge is 2.05. The molecule has 2 N–H and O–H groups in total. The summed E-state index contributed by atoms with van der Waals surface area (Å²) >= 11 is 12.0. The van der Waals surface area contributed by atoms with Gasteiger partial charge >= 0.3 is 0 Å². The largest absolute Gasteiger partial charge is 0.489 e. The number of ether oxygens (including phenoxy) is 1. The van der Waals surface area contributed by atoms with Gasteiger partial charge in [0.1, 0.15) is 12.4 Å². The van der Waals surface area contributed by atoms with Crippen LogP contribution in [0.4, 0.5) is 0 Å². The third-order valence-corrected chi connectivity index (χ3v) is 4.20. The van der Waals surface area contributed by atoms with Gasteiger partial charge in [-0.15, -0.1) is 0 Å². The second-order valence-corrected chi connectivity index (χ2v) is 6.18. The molecule has 2 aromatic rings. The third-order valence-electron chi connectivity index (χ3n) is 3.62. The molecule has 3 nitrogen and oxygen atoms in total. The van der Waals surface area contributed by atoms with Gasteiger partial charge in [-0.2, -0.15) is 0 Å². The van der Waals surface area contributed by atoms with Gasteiger partial charge in [-0.3, -0.25) is 0 Å². The fourth-order valence-electron chi connectivity index (χ4n) is 2.15. The molecule has 0 saturated heterocycles. The first-order valence-corrected chi connectivity index (χ1v) is 8.38. The molecule has 124 valence electrons. The van der Waals surface area contributed by atoms with Gasteiger partial charge in [0, 0.05) is 28.2 Å². The second-order valence-electron chi connectivity index (χ2n) is 5.34. The lowest BCUT2D eigenvalue weighted by Gasteiger charge is -2.14. The summed E-state index contributed by atoms with van der Waals surface area (Å²) in [6, 6.07) is 13.4. The van der Waals surface area contributed by atoms with Crippen LogP contribution in [0.1, 0.15) is 24.5 Å². The summed E-state index contributed by atoms with van der Waals surface area (Å²) in [5.41, 5.74) is 2.00. The summed E-state index contributed by atoms with van der Waals surface area (Å²) in [5.74, 6) is 0.785. The molecule has 0 amide bonds. The number of hydrogen-bond acceptors (Lipinski definition) is 3. The minimum Gasteiger partial charge on any atom is -0.489 e. The van der Waals surface area contributed by atoms with Gasteiger partial charge in [-0.25, -0.2) is 0 Å². The van der Waals surface area contributed by atoms with Crippen LogP contribution in [0.25, 0.3) is 0 Å². The van der Waals surface area contributed by atoms with Crippen LogP contribution in [0.5, 0.6) is 5.75 Å². The van der Waals surface area contributed by atoms with E-state index in [0.717, 1.165) is 23.3 Å². The zero-order valence-electron chi connectivity index (χ0n) is 13.1. The number of benzene rings is 2. The molecule has 5 heteroatoms. The lowest BCUT2D eigenvalue weighted by molar-refractivity contribution is 0.238. The molecule has 0 unspecified atom stereocenters. The first-order chi connectivity index (χ1) is 11.1. The number of nitrogens with one attached hydrogen (secondary N) is 1. The molecule has 0 aliphatic heterocycles. The first kappa shape index (κ1) is 18.1. The Balaban J connectivity index is 1.94. The highest BCUT2D eigenvalue weighted by atomic mass is 35.5. The predicted octanol–water partition coefficient (Wildman–Crippen LogP) is 4.43. The van der Waals surface area contributed by atoms with Crippen LogP contribution in [0, 0.1) is 0 Å². The zero-order chi connectivity index (χ0) is 16.7. The Morgan fingerprint density at radius 3 is 2.70 bits per heavy atom. The van der Waals surface area contributed by atoms with Gasteiger partial charge in [-0.05, 0) is 36.2 Å². The Bertz CT molecular complexity index is 630. The van der Waals surface area contributed by atoms with Crippen molar-refractivity contribution >= 4 is 23.2 Å². The molecule has 0 bridgehead atoms. The third kappa shape index (κ3) is 5.70. The van der Waals surface area contributed by atoms with Crippen molar-refractivity contribution in [3.05, 3.63) is 63.6 Å². The lowest BCUT2D eigenvalue weighted by atomic mass is 10.2. The molecular formula is C18H21Cl2NO2. The number of halogens is 2. The zero-order valence-corrected chi connectivity index (χ0v) is 14.6. The summed E-state index contributed by atoms with van der Waals surface area (Å²) in [6.07, 6.45) is 0.891. The van der Waals surface area contributed by atoms with E-state index in [0.29, 0.717) is 23.2 Å². The summed E-state index contributed by atoms with van der Waals surface area (Å²) in [6.45, 7) is 3.27. The topological polar surface area (TPSA) is 41.5 Å². The molecule has 1 atom stereocenters. The fourth-order valence-corrected chi connectivity index (χ4v) is 2.61. The maximum absolute atomic E-state index is 9.21. The van der Waals surface area contributed by atoms with Crippen molar-refractivity contribution in [2.75, 3.05) is 6.61 Å². The molecule has 2 aromatic carbocycles. The van der Waals surface area contributed by atoms with Crippen LogP contribution >= 0.6 is 23.2 Å². The van der Waals surface area contributed by atoms with Gasteiger partial charge in [0.15, 0.2) is 0 Å². The highest BCUT2D eigenvalue weighted by molar-refractivity contribution is 6.35. The van der Waals surface area contributed by atoms with Crippen LogP contribution in [0.15, 0.2) is 42.5 Å². The van der Waals surface area contributed by atoms with Crippen LogP contribution in [0.2, 0.25) is 10.0 Å². The Labute approximate surface area is 147 Å². The van der Waals surface area contributed by atoms with E-state index in [1.165, 1.54) is 0 Å². The maximum atomic E-state index is 9.21. The van der Waals surface area contributed by atoms with E-state index in [1.54, 1.807) is 12.1 Å². The summed E-state index contributed by atoms with van der Waals surface area (Å²) in [7, 11) is 0. The standard InChI is InChI=1S/C18H21Cl2NO2/c1-2-16(11-22)21-10-13-4-3-5-17(8-13)23-12-14-6-7-15(19)9-18(14)20/h3-9,16,21-22H,2,10-12H2,1H3/t16-/m0/s1. The monoisotopic (exact) mass is 353 g/mol. The van der Waals surface area contributed by atoms with Crippen molar-refractivity contribution < 1.29 is 9.84 Å². The van der Waals surface area contributed by atoms with Crippen LogP contribution in [0.3, 0.4) is 0 Å². The minimum atomic E-state index is 0.118. The van der Waals surface area contributed by atoms with Gasteiger partial charge in [0.25, 0.3) is 0 Å². The molecule has 2 rings (SSSR count). The number of aliphatic hydroxyl groups excluding tert-OH is 1. The number of aliphatic hydroxyl groups is 1. The van der Waals surface area contributed by atoms with E-state index in [4.69, 9.17) is 27.9 Å². The van der Waals surface area contributed by atoms with Gasteiger partial charge in [0.2, 0.25) is 0 Å². The lowest BCUT2D eigenvalue weighted by Crippen LogP contribution is -2.31. The van der Waals surface area contributed by atoms with Crippen molar-refractivity contribution in [2.24, 2.45) is 0 Å². The molecule has 0 fully saturated rings. The van der Waals surface area contributed by atoms with Gasteiger partial charge in [-0.1, -0.05) is 48.3 Å². The summed E-state index contributed by atoms with van der Waals surface area (Å²) in [5, 5.41) is 13.7. The van der Waals surface area contributed by atoms with Crippen molar-refractivity contribution in [3.63, 3.8) is 0 Å². The van der Waals surface area contributed by atoms with E-state index >= 15 is 0 Å². The molecule has 0 aliphatic rings. The molecular weight excluding hydrogens is 333 g/mol. The SMILES string of the molecule is CC[C@@H](CO)NCc1cccc(OCc2ccc(Cl)cc2Cl)c1. The van der Waals surface area contributed by atoms with Crippen molar-refractivity contribution in [2.45, 2.75) is 32.5 Å². The van der Waals surface area contributed by atoms with Crippen molar-refractivity contribution in [3.8, 4) is 5.75 Å². The molecule has 0 radical (unpaired) electrons. The molecule has 23 heavy (non-hydrogen) atoms. The molecule has 0 aromatic heterocycles. The minimum absolute atomic E-state index is 0.118. The van der Waals surface area contributed by atoms with E-state index in [1.807, 2.05) is 37.3 Å². The number of rotatable bonds is 8. The Morgan fingerprint density at radius 1 is 1.17 bits per heavy atom. The van der Waals surface area contributed by atoms with E-state index < -0.39 is 0 Å². The van der Waals surface area contributed by atoms with E-state index in [-0.39, 0.29) is 12.6 Å². The average Bonchev–Trinajstić information content (AvgIpc) is 2.55. The van der Waals surface area contributed by atoms with E-state index in [2.05, 4.69) is 5.32 Å². The smallest absolute Gasteiger partial charge is 0.120 e. The van der Waals surface area contributed by atoms with Crippen molar-refractivity contribution in [1.29, 1.82) is 0 Å². The molecule has 0 heterocycles. The summed E-state index contributed by atoms with van der Waals surface area (Å²) in [4.78, 5) is 0. The predicted molar refractivity (Wildman–Crippen MR) is 95.2 cm³/mol. The Kier molecular flexibility index (Phi) is 7.18. The average molecular weight is 354 g/mol. The first-order valence-electron chi connectivity index (χ1n) is 7.62. The highest BCUT2D eigenvalue weighted by Crippen LogP contribution is 2.23. The fraction of sp³-hybridized carbons (Fsp3) is 0.333. The maximum Gasteiger partial charge on any atom is 0.120 e. The normalized spacial score (nSPS) is 12.2. The van der Waals surface area contributed by atoms with Crippen molar-refractivity contribution in [1.82, 2.24) is 5.32 Å². The van der Waals surface area contributed by atoms with Crippen LogP contribution in [-0.2, 0) is 13.2 Å². The second kappa shape index (κ2) is 9.14. The van der Waals surface area contributed by atoms with Crippen LogP contribution in [-0.4, -0.2) is 17.8 Å².